The molecule has 6 heteroatoms. The molecule has 1 rings (SSSR count). The van der Waals surface area contributed by atoms with Crippen molar-refractivity contribution in [1.82, 2.24) is 4.57 Å². The van der Waals surface area contributed by atoms with E-state index in [-0.39, 0.29) is 83.0 Å². The minimum Gasteiger partial charge on any atom is -1.00 e. The molecule has 5 nitrogen and oxygen atoms in total. The molecular formula is C10H13KN2O3. The van der Waals surface area contributed by atoms with Gasteiger partial charge in [0.1, 0.15) is 11.6 Å². The molecule has 0 saturated heterocycles. The molecule has 0 aliphatic carbocycles. The van der Waals surface area contributed by atoms with Crippen LogP contribution in [0.3, 0.4) is 0 Å². The molecule has 82 valence electrons. The SMILES string of the molecule is Cc1cc(=O)n(CCCO)c(O)c1C#N.[H-].[K+]. The van der Waals surface area contributed by atoms with E-state index >= 15 is 0 Å². The number of hydrogen-bond acceptors (Lipinski definition) is 4. The Morgan fingerprint density at radius 2 is 2.25 bits per heavy atom. The van der Waals surface area contributed by atoms with Crippen molar-refractivity contribution in [2.24, 2.45) is 0 Å². The van der Waals surface area contributed by atoms with Crippen LogP contribution >= 0.6 is 0 Å². The first-order chi connectivity index (χ1) is 7.11. The molecule has 0 saturated carbocycles. The van der Waals surface area contributed by atoms with Gasteiger partial charge in [-0.15, -0.1) is 0 Å². The average Bonchev–Trinajstić information content (AvgIpc) is 2.17. The Labute approximate surface area is 137 Å². The van der Waals surface area contributed by atoms with Gasteiger partial charge < -0.3 is 11.6 Å². The molecule has 2 N–H and O–H groups in total. The molecule has 1 aromatic heterocycles. The van der Waals surface area contributed by atoms with E-state index in [4.69, 9.17) is 10.4 Å². The summed E-state index contributed by atoms with van der Waals surface area (Å²) in [4.78, 5) is 11.4. The quantitative estimate of drug-likeness (QED) is 0.567. The van der Waals surface area contributed by atoms with Crippen LogP contribution in [0.2, 0.25) is 0 Å². The van der Waals surface area contributed by atoms with Gasteiger partial charge in [-0.05, 0) is 18.9 Å². The molecule has 0 aromatic carbocycles. The summed E-state index contributed by atoms with van der Waals surface area (Å²) in [7, 11) is 0. The summed E-state index contributed by atoms with van der Waals surface area (Å²) in [5.74, 6) is -0.323. The van der Waals surface area contributed by atoms with Crippen molar-refractivity contribution in [3.8, 4) is 11.9 Å². The summed E-state index contributed by atoms with van der Waals surface area (Å²) in [6.45, 7) is 1.73. The molecular weight excluding hydrogens is 235 g/mol. The number of rotatable bonds is 3. The number of aryl methyl sites for hydroxylation is 1. The number of nitriles is 1. The third-order valence-corrected chi connectivity index (χ3v) is 2.13. The van der Waals surface area contributed by atoms with E-state index in [0.717, 1.165) is 4.57 Å². The molecule has 0 unspecified atom stereocenters. The van der Waals surface area contributed by atoms with Crippen LogP contribution in [0.25, 0.3) is 0 Å². The number of pyridine rings is 1. The van der Waals surface area contributed by atoms with Gasteiger partial charge in [0.05, 0.1) is 0 Å². The van der Waals surface area contributed by atoms with E-state index in [9.17, 15) is 9.90 Å². The van der Waals surface area contributed by atoms with E-state index in [1.165, 1.54) is 6.07 Å². The number of aromatic nitrogens is 1. The second-order valence-electron chi connectivity index (χ2n) is 3.20. The zero-order chi connectivity index (χ0) is 11.4. The van der Waals surface area contributed by atoms with Gasteiger partial charge in [0, 0.05) is 19.2 Å². The zero-order valence-electron chi connectivity index (χ0n) is 10.4. The Balaban J connectivity index is 0. The Bertz CT molecular complexity index is 468. The molecule has 1 aromatic rings. The molecule has 0 spiro atoms. The molecule has 0 fully saturated rings. The summed E-state index contributed by atoms with van der Waals surface area (Å²) >= 11 is 0. The van der Waals surface area contributed by atoms with Crippen LogP contribution in [0, 0.1) is 18.3 Å². The molecule has 0 bridgehead atoms. The van der Waals surface area contributed by atoms with E-state index in [1.54, 1.807) is 6.92 Å². The van der Waals surface area contributed by atoms with Crippen molar-refractivity contribution >= 4 is 0 Å². The maximum absolute atomic E-state index is 11.4. The van der Waals surface area contributed by atoms with E-state index in [0.29, 0.717) is 12.0 Å². The van der Waals surface area contributed by atoms with Gasteiger partial charge in [-0.2, -0.15) is 5.26 Å². The van der Waals surface area contributed by atoms with Gasteiger partial charge in [0.2, 0.25) is 5.88 Å². The Hall–Kier alpha value is -0.164. The zero-order valence-corrected chi connectivity index (χ0v) is 12.5. The second kappa shape index (κ2) is 7.22. The number of nitrogens with zero attached hydrogens (tertiary/aromatic N) is 2. The van der Waals surface area contributed by atoms with Crippen molar-refractivity contribution in [3.05, 3.63) is 27.5 Å². The smallest absolute Gasteiger partial charge is 1.00 e. The van der Waals surface area contributed by atoms with Crippen molar-refractivity contribution in [2.45, 2.75) is 19.9 Å². The Kier molecular flexibility index (Phi) is 7.14. The average molecular weight is 248 g/mol. The predicted octanol–water partition coefficient (Wildman–Crippen LogP) is -2.77. The van der Waals surface area contributed by atoms with Crippen molar-refractivity contribution in [3.63, 3.8) is 0 Å². The van der Waals surface area contributed by atoms with E-state index < -0.39 is 0 Å². The molecule has 1 heterocycles. The Morgan fingerprint density at radius 1 is 1.62 bits per heavy atom. The normalized spacial score (nSPS) is 9.31. The first kappa shape index (κ1) is 15.8. The van der Waals surface area contributed by atoms with Crippen LogP contribution in [0.1, 0.15) is 19.0 Å². The fourth-order valence-corrected chi connectivity index (χ4v) is 1.33. The number of aliphatic hydroxyl groups excluding tert-OH is 1. The maximum Gasteiger partial charge on any atom is 1.00 e. The van der Waals surface area contributed by atoms with Gasteiger partial charge in [-0.1, -0.05) is 0 Å². The maximum atomic E-state index is 11.4. The van der Waals surface area contributed by atoms with Crippen LogP contribution in [-0.2, 0) is 6.54 Å². The molecule has 0 amide bonds. The Morgan fingerprint density at radius 3 is 2.75 bits per heavy atom. The summed E-state index contributed by atoms with van der Waals surface area (Å²) in [5, 5.41) is 27.0. The van der Waals surface area contributed by atoms with Gasteiger partial charge >= 0.3 is 51.4 Å². The summed E-state index contributed by atoms with van der Waals surface area (Å²) in [5.41, 5.74) is 0.199. The second-order valence-corrected chi connectivity index (χ2v) is 3.20. The van der Waals surface area contributed by atoms with Crippen LogP contribution in [0.5, 0.6) is 5.88 Å². The monoisotopic (exact) mass is 248 g/mol. The molecule has 0 radical (unpaired) electrons. The summed E-state index contributed by atoms with van der Waals surface area (Å²) in [6.07, 6.45) is 0.362. The summed E-state index contributed by atoms with van der Waals surface area (Å²) in [6, 6.07) is 3.14. The minimum absolute atomic E-state index is 0. The van der Waals surface area contributed by atoms with E-state index in [2.05, 4.69) is 0 Å². The molecule has 16 heavy (non-hydrogen) atoms. The first-order valence-corrected chi connectivity index (χ1v) is 4.56. The third-order valence-electron chi connectivity index (χ3n) is 2.13. The fourth-order valence-electron chi connectivity index (χ4n) is 1.33. The topological polar surface area (TPSA) is 86.2 Å². The number of hydrogen-bond donors (Lipinski definition) is 2. The molecule has 0 aliphatic rings. The van der Waals surface area contributed by atoms with Crippen LogP contribution in [-0.4, -0.2) is 21.4 Å². The number of aromatic hydroxyl groups is 1. The van der Waals surface area contributed by atoms with Crippen LogP contribution in [0.15, 0.2) is 10.9 Å². The molecule has 0 aliphatic heterocycles. The fraction of sp³-hybridized carbons (Fsp3) is 0.400. The third kappa shape index (κ3) is 3.42. The van der Waals surface area contributed by atoms with Crippen LogP contribution in [0.4, 0.5) is 0 Å². The largest absolute Gasteiger partial charge is 1.00 e. The first-order valence-electron chi connectivity index (χ1n) is 4.56. The van der Waals surface area contributed by atoms with Crippen molar-refractivity contribution in [1.29, 1.82) is 5.26 Å². The van der Waals surface area contributed by atoms with Crippen LogP contribution < -0.4 is 56.9 Å². The van der Waals surface area contributed by atoms with Gasteiger partial charge in [0.25, 0.3) is 5.56 Å². The summed E-state index contributed by atoms with van der Waals surface area (Å²) < 4.78 is 1.09. The van der Waals surface area contributed by atoms with Gasteiger partial charge in [-0.25, -0.2) is 0 Å². The standard InChI is InChI=1S/C10H12N2O3.K.H/c1-7-5-9(14)12(3-2-4-13)10(15)8(7)6-11;;/h5,13,15H,2-4H2,1H3;;/q;+1;-1. The van der Waals surface area contributed by atoms with E-state index in [1.807, 2.05) is 6.07 Å². The minimum atomic E-state index is -0.363. The predicted molar refractivity (Wildman–Crippen MR) is 54.6 cm³/mol. The van der Waals surface area contributed by atoms with Gasteiger partial charge in [-0.3, -0.25) is 9.36 Å². The van der Waals surface area contributed by atoms with Crippen molar-refractivity contribution in [2.75, 3.05) is 6.61 Å². The molecule has 0 atom stereocenters. The number of aliphatic hydroxyl groups is 1. The van der Waals surface area contributed by atoms with Gasteiger partial charge in [0.15, 0.2) is 0 Å². The van der Waals surface area contributed by atoms with Crippen molar-refractivity contribution < 1.29 is 63.0 Å².